The molecular formula is C13H16ClN5O4S. The number of morpholine rings is 1. The predicted molar refractivity (Wildman–Crippen MR) is 84.3 cm³/mol. The Balaban J connectivity index is 1.91. The van der Waals surface area contributed by atoms with E-state index in [9.17, 15) is 8.42 Å². The van der Waals surface area contributed by atoms with Crippen LogP contribution in [0.25, 0.3) is 0 Å². The number of nitrogens with zero attached hydrogens (tertiary/aromatic N) is 5. The van der Waals surface area contributed by atoms with Gasteiger partial charge in [-0.05, 0) is 23.4 Å². The van der Waals surface area contributed by atoms with Crippen molar-refractivity contribution in [3.05, 3.63) is 29.0 Å². The molecule has 3 rings (SSSR count). The molecule has 0 spiro atoms. The summed E-state index contributed by atoms with van der Waals surface area (Å²) in [4.78, 5) is 1.32. The summed E-state index contributed by atoms with van der Waals surface area (Å²) in [5.74, 6) is 0.579. The van der Waals surface area contributed by atoms with Crippen LogP contribution in [0, 0.1) is 0 Å². The van der Waals surface area contributed by atoms with E-state index in [-0.39, 0.29) is 30.3 Å². The third-order valence-electron chi connectivity index (χ3n) is 3.58. The lowest BCUT2D eigenvalue weighted by Crippen LogP contribution is -2.42. The van der Waals surface area contributed by atoms with Gasteiger partial charge in [-0.25, -0.2) is 8.42 Å². The minimum absolute atomic E-state index is 0.0188. The predicted octanol–water partition coefficient (Wildman–Crippen LogP) is 0.634. The van der Waals surface area contributed by atoms with E-state index in [1.54, 1.807) is 13.1 Å². The molecule has 0 aliphatic carbocycles. The Morgan fingerprint density at radius 3 is 2.88 bits per heavy atom. The van der Waals surface area contributed by atoms with Crippen molar-refractivity contribution < 1.29 is 17.9 Å². The zero-order valence-corrected chi connectivity index (χ0v) is 14.7. The van der Waals surface area contributed by atoms with Gasteiger partial charge in [0, 0.05) is 18.1 Å². The fraction of sp³-hybridized carbons (Fsp3) is 0.462. The summed E-state index contributed by atoms with van der Waals surface area (Å²) in [7, 11) is -0.760. The van der Waals surface area contributed by atoms with Crippen LogP contribution in [0.5, 0.6) is 5.75 Å². The lowest BCUT2D eigenvalue weighted by molar-refractivity contribution is -0.00768. The summed E-state index contributed by atoms with van der Waals surface area (Å²) < 4.78 is 38.0. The first-order valence-electron chi connectivity index (χ1n) is 7.11. The first-order chi connectivity index (χ1) is 11.4. The molecule has 0 N–H and O–H groups in total. The number of hydrogen-bond donors (Lipinski definition) is 0. The van der Waals surface area contributed by atoms with Crippen molar-refractivity contribution in [3.63, 3.8) is 0 Å². The number of hydrogen-bond acceptors (Lipinski definition) is 7. The Hall–Kier alpha value is -1.75. The lowest BCUT2D eigenvalue weighted by Gasteiger charge is -2.31. The zero-order chi connectivity index (χ0) is 17.3. The van der Waals surface area contributed by atoms with Gasteiger partial charge in [0.25, 0.3) is 0 Å². The van der Waals surface area contributed by atoms with Crippen LogP contribution in [0.1, 0.15) is 11.9 Å². The summed E-state index contributed by atoms with van der Waals surface area (Å²) >= 11 is 5.95. The average Bonchev–Trinajstić information content (AvgIpc) is 3.01. The summed E-state index contributed by atoms with van der Waals surface area (Å²) in [5, 5.41) is 12.0. The molecule has 2 heterocycles. The molecule has 11 heteroatoms. The molecule has 130 valence electrons. The van der Waals surface area contributed by atoms with Crippen molar-refractivity contribution >= 4 is 21.6 Å². The van der Waals surface area contributed by atoms with Crippen LogP contribution in [0.2, 0.25) is 5.02 Å². The largest absolute Gasteiger partial charge is 0.495 e. The number of aromatic nitrogens is 4. The van der Waals surface area contributed by atoms with E-state index in [4.69, 9.17) is 21.1 Å². The highest BCUT2D eigenvalue weighted by atomic mass is 35.5. The first-order valence-corrected chi connectivity index (χ1v) is 8.93. The highest BCUT2D eigenvalue weighted by Crippen LogP contribution is 2.31. The van der Waals surface area contributed by atoms with Crippen LogP contribution in [-0.4, -0.2) is 59.7 Å². The van der Waals surface area contributed by atoms with Gasteiger partial charge in [-0.3, -0.25) is 0 Å². The molecule has 1 aromatic carbocycles. The SMILES string of the molecule is COc1ccc(Cl)cc1S(=O)(=O)N1CCOC(c2nnn(C)n2)C1. The number of methoxy groups -OCH3 is 1. The normalized spacial score (nSPS) is 19.4. The van der Waals surface area contributed by atoms with Crippen molar-refractivity contribution in [2.24, 2.45) is 7.05 Å². The number of halogens is 1. The maximum absolute atomic E-state index is 13.0. The number of rotatable bonds is 4. The van der Waals surface area contributed by atoms with E-state index >= 15 is 0 Å². The fourth-order valence-electron chi connectivity index (χ4n) is 2.42. The third-order valence-corrected chi connectivity index (χ3v) is 5.71. The van der Waals surface area contributed by atoms with Gasteiger partial charge in [0.15, 0.2) is 0 Å². The minimum Gasteiger partial charge on any atom is -0.495 e. The number of ether oxygens (including phenoxy) is 2. The van der Waals surface area contributed by atoms with Crippen LogP contribution in [-0.2, 0) is 21.8 Å². The van der Waals surface area contributed by atoms with Crippen molar-refractivity contribution in [1.29, 1.82) is 0 Å². The van der Waals surface area contributed by atoms with Gasteiger partial charge >= 0.3 is 0 Å². The van der Waals surface area contributed by atoms with Gasteiger partial charge in [-0.15, -0.1) is 10.2 Å². The molecule has 0 radical (unpaired) electrons. The highest BCUT2D eigenvalue weighted by Gasteiger charge is 2.35. The molecule has 0 amide bonds. The zero-order valence-electron chi connectivity index (χ0n) is 13.1. The molecule has 1 aromatic heterocycles. The van der Waals surface area contributed by atoms with Crippen LogP contribution in [0.3, 0.4) is 0 Å². The Morgan fingerprint density at radius 1 is 1.42 bits per heavy atom. The molecule has 1 aliphatic rings. The molecule has 0 bridgehead atoms. The van der Waals surface area contributed by atoms with Crippen molar-refractivity contribution in [2.45, 2.75) is 11.0 Å². The quantitative estimate of drug-likeness (QED) is 0.775. The monoisotopic (exact) mass is 373 g/mol. The Kier molecular flexibility index (Phi) is 4.72. The van der Waals surface area contributed by atoms with Gasteiger partial charge < -0.3 is 9.47 Å². The minimum atomic E-state index is -3.80. The highest BCUT2D eigenvalue weighted by molar-refractivity contribution is 7.89. The maximum atomic E-state index is 13.0. The van der Waals surface area contributed by atoms with Gasteiger partial charge in [-0.2, -0.15) is 9.10 Å². The number of sulfonamides is 1. The molecular weight excluding hydrogens is 358 g/mol. The van der Waals surface area contributed by atoms with E-state index in [2.05, 4.69) is 15.4 Å². The molecule has 0 saturated carbocycles. The second kappa shape index (κ2) is 6.63. The lowest BCUT2D eigenvalue weighted by atomic mass is 10.3. The molecule has 1 aliphatic heterocycles. The van der Waals surface area contributed by atoms with E-state index in [1.165, 1.54) is 28.3 Å². The summed E-state index contributed by atoms with van der Waals surface area (Å²) in [6.07, 6.45) is -0.576. The smallest absolute Gasteiger partial charge is 0.246 e. The molecule has 1 unspecified atom stereocenters. The van der Waals surface area contributed by atoms with E-state index in [0.29, 0.717) is 10.8 Å². The van der Waals surface area contributed by atoms with E-state index < -0.39 is 16.1 Å². The van der Waals surface area contributed by atoms with Crippen LogP contribution < -0.4 is 4.74 Å². The first kappa shape index (κ1) is 17.1. The number of tetrazole rings is 1. The van der Waals surface area contributed by atoms with Crippen molar-refractivity contribution in [1.82, 2.24) is 24.5 Å². The maximum Gasteiger partial charge on any atom is 0.246 e. The number of aryl methyl sites for hydroxylation is 1. The van der Waals surface area contributed by atoms with Crippen LogP contribution in [0.4, 0.5) is 0 Å². The second-order valence-corrected chi connectivity index (χ2v) is 7.50. The molecule has 1 atom stereocenters. The average molecular weight is 374 g/mol. The van der Waals surface area contributed by atoms with Crippen LogP contribution in [0.15, 0.2) is 23.1 Å². The van der Waals surface area contributed by atoms with Crippen molar-refractivity contribution in [2.75, 3.05) is 26.8 Å². The Bertz CT molecular complexity index is 841. The van der Waals surface area contributed by atoms with Crippen molar-refractivity contribution in [3.8, 4) is 5.75 Å². The van der Waals surface area contributed by atoms with Crippen LogP contribution >= 0.6 is 11.6 Å². The van der Waals surface area contributed by atoms with Gasteiger partial charge in [-0.1, -0.05) is 11.6 Å². The summed E-state index contributed by atoms with van der Waals surface area (Å²) in [6.45, 7) is 0.531. The van der Waals surface area contributed by atoms with Gasteiger partial charge in [0.1, 0.15) is 16.7 Å². The third kappa shape index (κ3) is 3.22. The van der Waals surface area contributed by atoms with E-state index in [0.717, 1.165) is 0 Å². The Morgan fingerprint density at radius 2 is 2.21 bits per heavy atom. The molecule has 1 fully saturated rings. The second-order valence-electron chi connectivity index (χ2n) is 5.15. The molecule has 2 aromatic rings. The molecule has 24 heavy (non-hydrogen) atoms. The van der Waals surface area contributed by atoms with Gasteiger partial charge in [0.2, 0.25) is 15.8 Å². The molecule has 1 saturated heterocycles. The van der Waals surface area contributed by atoms with Gasteiger partial charge in [0.05, 0.1) is 20.8 Å². The fourth-order valence-corrected chi connectivity index (χ4v) is 4.26. The molecule has 9 nitrogen and oxygen atoms in total. The standard InChI is InChI=1S/C13H16ClN5O4S/c1-18-16-13(15-17-18)11-8-19(5-6-23-11)24(20,21)12-7-9(14)3-4-10(12)22-2/h3-4,7,11H,5-6,8H2,1-2H3. The topological polar surface area (TPSA) is 99.4 Å². The van der Waals surface area contributed by atoms with E-state index in [1.807, 2.05) is 0 Å². The summed E-state index contributed by atoms with van der Waals surface area (Å²) in [6, 6.07) is 4.48. The summed E-state index contributed by atoms with van der Waals surface area (Å²) in [5.41, 5.74) is 0. The number of benzene rings is 1. The Labute approximate surface area is 144 Å².